The summed E-state index contributed by atoms with van der Waals surface area (Å²) < 4.78 is 20.8. The Balaban J connectivity index is 1.28. The molecule has 4 heterocycles. The van der Waals surface area contributed by atoms with Crippen molar-refractivity contribution in [3.8, 4) is 0 Å². The number of hydrogen-bond donors (Lipinski definition) is 0. The van der Waals surface area contributed by atoms with Crippen LogP contribution in [0.15, 0.2) is 98.5 Å². The number of amides is 2. The van der Waals surface area contributed by atoms with E-state index in [1.54, 1.807) is 31.3 Å². The topological polar surface area (TPSA) is 96.6 Å². The van der Waals surface area contributed by atoms with Gasteiger partial charge in [0.15, 0.2) is 15.3 Å². The first-order valence-corrected chi connectivity index (χ1v) is 15.1. The lowest BCUT2D eigenvalue weighted by molar-refractivity contribution is -0.121. The number of thioether (sulfide) groups is 1. The molecule has 43 heavy (non-hydrogen) atoms. The number of nitrogens with zero attached hydrogens (tertiary/aromatic N) is 4. The van der Waals surface area contributed by atoms with Crippen molar-refractivity contribution in [1.82, 2.24) is 10.2 Å². The van der Waals surface area contributed by atoms with Gasteiger partial charge >= 0.3 is 0 Å². The molecule has 11 heteroatoms. The molecule has 1 atom stereocenters. The van der Waals surface area contributed by atoms with E-state index in [0.29, 0.717) is 21.3 Å². The van der Waals surface area contributed by atoms with Gasteiger partial charge in [0.2, 0.25) is 10.9 Å². The van der Waals surface area contributed by atoms with E-state index >= 15 is 0 Å². The van der Waals surface area contributed by atoms with Crippen LogP contribution in [0.4, 0.5) is 15.2 Å². The van der Waals surface area contributed by atoms with Crippen molar-refractivity contribution in [2.45, 2.75) is 15.6 Å². The Kier molecular flexibility index (Phi) is 5.59. The van der Waals surface area contributed by atoms with Crippen LogP contribution in [0.5, 0.6) is 0 Å². The fourth-order valence-corrected chi connectivity index (χ4v) is 8.04. The highest BCUT2D eigenvalue weighted by Gasteiger charge is 2.66. The molecule has 2 amide bonds. The van der Waals surface area contributed by atoms with E-state index in [1.165, 1.54) is 27.6 Å². The van der Waals surface area contributed by atoms with Gasteiger partial charge in [-0.1, -0.05) is 83.8 Å². The number of para-hydroxylation sites is 1. The van der Waals surface area contributed by atoms with Gasteiger partial charge in [0.25, 0.3) is 11.8 Å². The maximum atomic E-state index is 14.3. The lowest BCUT2D eigenvalue weighted by atomic mass is 9.84. The Hall–Kier alpha value is -4.87. The summed E-state index contributed by atoms with van der Waals surface area (Å²) in [5.41, 5.74) is -0.569. The fourth-order valence-electron chi connectivity index (χ4n) is 6.15. The Morgan fingerprint density at radius 3 is 2.60 bits per heavy atom. The number of aromatic nitrogens is 2. The van der Waals surface area contributed by atoms with Crippen molar-refractivity contribution < 1.29 is 18.4 Å². The Morgan fingerprint density at radius 2 is 1.72 bits per heavy atom. The molecular weight excluding hydrogens is 588 g/mol. The SMILES string of the molecule is CN1C(=O)C2(c3ccccc31)c1c(oc3ccc(F)cc3c1=O)C(=O)N2c1nnc(SCc2cccc3ccccc23)s1. The van der Waals surface area contributed by atoms with Crippen LogP contribution in [0, 0.1) is 5.82 Å². The summed E-state index contributed by atoms with van der Waals surface area (Å²) >= 11 is 2.61. The molecule has 1 unspecified atom stereocenters. The molecule has 1 spiro atoms. The molecule has 0 bridgehead atoms. The van der Waals surface area contributed by atoms with Crippen LogP contribution in [0.1, 0.15) is 27.2 Å². The molecule has 4 aromatic carbocycles. The molecule has 2 aliphatic rings. The monoisotopic (exact) mass is 606 g/mol. The highest BCUT2D eigenvalue weighted by Crippen LogP contribution is 2.54. The first-order valence-electron chi connectivity index (χ1n) is 13.3. The smallest absolute Gasteiger partial charge is 0.297 e. The lowest BCUT2D eigenvalue weighted by Crippen LogP contribution is -2.53. The molecule has 0 saturated heterocycles. The van der Waals surface area contributed by atoms with Crippen molar-refractivity contribution in [3.05, 3.63) is 123 Å². The van der Waals surface area contributed by atoms with Crippen molar-refractivity contribution >= 4 is 67.5 Å². The molecular formula is C32H19FN4O4S2. The van der Waals surface area contributed by atoms with Gasteiger partial charge in [-0.3, -0.25) is 19.3 Å². The normalized spacial score (nSPS) is 17.4. The first-order chi connectivity index (χ1) is 20.9. The van der Waals surface area contributed by atoms with Gasteiger partial charge in [0.1, 0.15) is 11.4 Å². The maximum Gasteiger partial charge on any atom is 0.297 e. The predicted molar refractivity (Wildman–Crippen MR) is 163 cm³/mol. The lowest BCUT2D eigenvalue weighted by Gasteiger charge is -2.31. The Labute approximate surface area is 251 Å². The second kappa shape index (κ2) is 9.32. The minimum atomic E-state index is -1.89. The van der Waals surface area contributed by atoms with Gasteiger partial charge in [-0.15, -0.1) is 10.2 Å². The van der Waals surface area contributed by atoms with Crippen molar-refractivity contribution in [2.24, 2.45) is 0 Å². The Morgan fingerprint density at radius 1 is 0.930 bits per heavy atom. The molecule has 2 aromatic heterocycles. The summed E-state index contributed by atoms with van der Waals surface area (Å²) in [6, 6.07) is 24.7. The minimum Gasteiger partial charge on any atom is -0.450 e. The summed E-state index contributed by atoms with van der Waals surface area (Å²) in [5.74, 6) is -1.52. The number of carbonyl (C=O) groups excluding carboxylic acids is 2. The zero-order valence-corrected chi connectivity index (χ0v) is 24.0. The third-order valence-corrected chi connectivity index (χ3v) is 10.1. The van der Waals surface area contributed by atoms with Crippen LogP contribution in [-0.4, -0.2) is 29.1 Å². The highest BCUT2D eigenvalue weighted by atomic mass is 32.2. The molecule has 6 aromatic rings. The molecule has 8 nitrogen and oxygen atoms in total. The van der Waals surface area contributed by atoms with E-state index in [9.17, 15) is 18.8 Å². The van der Waals surface area contributed by atoms with Gasteiger partial charge in [-0.05, 0) is 40.6 Å². The molecule has 0 saturated carbocycles. The fraction of sp³-hybridized carbons (Fsp3) is 0.0938. The van der Waals surface area contributed by atoms with Crippen LogP contribution in [0.25, 0.3) is 21.7 Å². The van der Waals surface area contributed by atoms with E-state index in [-0.39, 0.29) is 27.4 Å². The molecule has 0 N–H and O–H groups in total. The van der Waals surface area contributed by atoms with Crippen LogP contribution in [0.2, 0.25) is 0 Å². The average molecular weight is 607 g/mol. The quantitative estimate of drug-likeness (QED) is 0.177. The number of anilines is 2. The van der Waals surface area contributed by atoms with Crippen LogP contribution >= 0.6 is 23.1 Å². The van der Waals surface area contributed by atoms with E-state index in [4.69, 9.17) is 4.42 Å². The van der Waals surface area contributed by atoms with Crippen molar-refractivity contribution in [1.29, 1.82) is 0 Å². The van der Waals surface area contributed by atoms with Crippen molar-refractivity contribution in [3.63, 3.8) is 0 Å². The molecule has 210 valence electrons. The van der Waals surface area contributed by atoms with Gasteiger partial charge in [-0.25, -0.2) is 4.39 Å². The summed E-state index contributed by atoms with van der Waals surface area (Å²) in [4.78, 5) is 45.2. The van der Waals surface area contributed by atoms with Crippen LogP contribution in [-0.2, 0) is 16.1 Å². The molecule has 0 radical (unpaired) electrons. The third kappa shape index (κ3) is 3.52. The van der Waals surface area contributed by atoms with E-state index in [1.807, 2.05) is 18.2 Å². The van der Waals surface area contributed by atoms with Gasteiger partial charge in [0, 0.05) is 24.1 Å². The summed E-state index contributed by atoms with van der Waals surface area (Å²) in [6.45, 7) is 0. The minimum absolute atomic E-state index is 0.0474. The number of halogens is 1. The number of benzene rings is 4. The third-order valence-electron chi connectivity index (χ3n) is 8.03. The standard InChI is InChI=1S/C32H19FN4O4S2/c1-36-23-12-5-4-11-22(23)32(29(36)40)25-26(38)21-15-19(33)13-14-24(21)41-27(25)28(39)37(32)30-34-35-31(43-30)42-16-18-9-6-8-17-7-2-3-10-20(17)18/h2-15H,16H2,1H3. The second-order valence-electron chi connectivity index (χ2n) is 10.3. The number of fused-ring (bicyclic) bond motifs is 6. The van der Waals surface area contributed by atoms with Crippen LogP contribution in [0.3, 0.4) is 0 Å². The summed E-state index contributed by atoms with van der Waals surface area (Å²) in [5, 5.41) is 11.1. The number of carbonyl (C=O) groups is 2. The van der Waals surface area contributed by atoms with Gasteiger partial charge in [-0.2, -0.15) is 0 Å². The maximum absolute atomic E-state index is 14.3. The zero-order valence-electron chi connectivity index (χ0n) is 22.4. The molecule has 2 aliphatic heterocycles. The largest absolute Gasteiger partial charge is 0.450 e. The average Bonchev–Trinajstić information content (AvgIpc) is 3.66. The van der Waals surface area contributed by atoms with E-state index < -0.39 is 28.6 Å². The number of rotatable bonds is 4. The number of likely N-dealkylation sites (N-methyl/N-ethyl adjacent to an activating group) is 1. The van der Waals surface area contributed by atoms with E-state index in [2.05, 4.69) is 34.5 Å². The predicted octanol–water partition coefficient (Wildman–Crippen LogP) is 6.11. The molecule has 0 fully saturated rings. The molecule has 8 rings (SSSR count). The van der Waals surface area contributed by atoms with Crippen molar-refractivity contribution in [2.75, 3.05) is 16.8 Å². The highest BCUT2D eigenvalue weighted by molar-refractivity contribution is 8.00. The number of hydrogen-bond acceptors (Lipinski definition) is 8. The van der Waals surface area contributed by atoms with E-state index in [0.717, 1.165) is 39.8 Å². The van der Waals surface area contributed by atoms with Gasteiger partial charge in [0.05, 0.1) is 10.9 Å². The van der Waals surface area contributed by atoms with Gasteiger partial charge < -0.3 is 9.32 Å². The first kappa shape index (κ1) is 25.8. The zero-order chi connectivity index (χ0) is 29.5. The van der Waals surface area contributed by atoms with Crippen LogP contribution < -0.4 is 15.2 Å². The second-order valence-corrected chi connectivity index (χ2v) is 12.5. The summed E-state index contributed by atoms with van der Waals surface area (Å²) in [6.07, 6.45) is 0. The Bertz CT molecular complexity index is 2230. The molecule has 0 aliphatic carbocycles. The summed E-state index contributed by atoms with van der Waals surface area (Å²) in [7, 11) is 1.59.